The van der Waals surface area contributed by atoms with E-state index in [4.69, 9.17) is 4.74 Å². The summed E-state index contributed by atoms with van der Waals surface area (Å²) < 4.78 is 5.45. The van der Waals surface area contributed by atoms with Crippen molar-refractivity contribution in [2.75, 3.05) is 0 Å². The molecule has 1 fully saturated rings. The van der Waals surface area contributed by atoms with Crippen LogP contribution >= 0.6 is 0 Å². The van der Waals surface area contributed by atoms with Gasteiger partial charge in [0.25, 0.3) is 0 Å². The summed E-state index contributed by atoms with van der Waals surface area (Å²) in [5.41, 5.74) is 2.64. The number of hydrogen-bond donors (Lipinski definition) is 0. The Balaban J connectivity index is 2.73. The predicted octanol–water partition coefficient (Wildman–Crippen LogP) is 3.07. The van der Waals surface area contributed by atoms with Gasteiger partial charge in [0.15, 0.2) is 0 Å². The fourth-order valence-corrected chi connectivity index (χ4v) is 1.97. The molecule has 0 bridgehead atoms. The zero-order valence-electron chi connectivity index (χ0n) is 9.59. The summed E-state index contributed by atoms with van der Waals surface area (Å²) in [5, 5.41) is 0. The highest BCUT2D eigenvalue weighted by Gasteiger charge is 2.31. The van der Waals surface area contributed by atoms with E-state index < -0.39 is 0 Å². The molecule has 0 spiro atoms. The molecule has 2 unspecified atom stereocenters. The minimum Gasteiger partial charge on any atom is -0.458 e. The zero-order valence-corrected chi connectivity index (χ0v) is 9.59. The van der Waals surface area contributed by atoms with E-state index in [2.05, 4.69) is 20.8 Å². The Labute approximate surface area is 86.3 Å². The standard InChI is InChI=1S/C12H20O2/c1-5-11(13)14-12-9(4)6-7-10(12)8(2)3/h9,12H,5-7H2,1-4H3. The molecular weight excluding hydrogens is 176 g/mol. The van der Waals surface area contributed by atoms with Crippen molar-refractivity contribution < 1.29 is 9.53 Å². The Morgan fingerprint density at radius 3 is 2.64 bits per heavy atom. The Morgan fingerprint density at radius 2 is 2.14 bits per heavy atom. The van der Waals surface area contributed by atoms with Crippen molar-refractivity contribution in [1.29, 1.82) is 0 Å². The van der Waals surface area contributed by atoms with Crippen LogP contribution in [0.3, 0.4) is 0 Å². The van der Waals surface area contributed by atoms with Crippen molar-refractivity contribution >= 4 is 5.97 Å². The number of hydrogen-bond acceptors (Lipinski definition) is 2. The van der Waals surface area contributed by atoms with Crippen molar-refractivity contribution in [2.45, 2.75) is 53.1 Å². The van der Waals surface area contributed by atoms with E-state index >= 15 is 0 Å². The molecule has 1 aliphatic carbocycles. The first-order valence-electron chi connectivity index (χ1n) is 5.42. The van der Waals surface area contributed by atoms with Crippen LogP contribution in [0.4, 0.5) is 0 Å². The average Bonchev–Trinajstić information content (AvgIpc) is 2.48. The summed E-state index contributed by atoms with van der Waals surface area (Å²) in [6, 6.07) is 0. The summed E-state index contributed by atoms with van der Waals surface area (Å²) in [4.78, 5) is 11.2. The van der Waals surface area contributed by atoms with Gasteiger partial charge in [-0.1, -0.05) is 19.4 Å². The lowest BCUT2D eigenvalue weighted by Crippen LogP contribution is -2.22. The second-order valence-corrected chi connectivity index (χ2v) is 4.31. The van der Waals surface area contributed by atoms with Crippen LogP contribution in [0.15, 0.2) is 11.1 Å². The number of esters is 1. The van der Waals surface area contributed by atoms with Crippen molar-refractivity contribution in [1.82, 2.24) is 0 Å². The lowest BCUT2D eigenvalue weighted by Gasteiger charge is -2.18. The second kappa shape index (κ2) is 4.63. The van der Waals surface area contributed by atoms with Crippen molar-refractivity contribution in [3.63, 3.8) is 0 Å². The minimum absolute atomic E-state index is 0.0486. The highest BCUT2D eigenvalue weighted by Crippen LogP contribution is 2.34. The Kier molecular flexibility index (Phi) is 3.73. The molecule has 1 rings (SSSR count). The summed E-state index contributed by atoms with van der Waals surface area (Å²) in [7, 11) is 0. The molecule has 80 valence electrons. The molecule has 0 heterocycles. The number of allylic oxidation sites excluding steroid dienone is 1. The van der Waals surface area contributed by atoms with E-state index in [-0.39, 0.29) is 12.1 Å². The van der Waals surface area contributed by atoms with E-state index in [1.807, 2.05) is 6.92 Å². The molecule has 2 nitrogen and oxygen atoms in total. The van der Waals surface area contributed by atoms with E-state index in [1.165, 1.54) is 11.1 Å². The van der Waals surface area contributed by atoms with Crippen LogP contribution in [-0.2, 0) is 9.53 Å². The largest absolute Gasteiger partial charge is 0.458 e. The van der Waals surface area contributed by atoms with Gasteiger partial charge in [-0.25, -0.2) is 0 Å². The van der Waals surface area contributed by atoms with Gasteiger partial charge in [-0.3, -0.25) is 4.79 Å². The first kappa shape index (κ1) is 11.3. The summed E-state index contributed by atoms with van der Waals surface area (Å²) >= 11 is 0. The third-order valence-electron chi connectivity index (χ3n) is 2.92. The second-order valence-electron chi connectivity index (χ2n) is 4.31. The van der Waals surface area contributed by atoms with Gasteiger partial charge in [0.2, 0.25) is 0 Å². The monoisotopic (exact) mass is 196 g/mol. The molecule has 0 saturated heterocycles. The molecule has 0 aromatic rings. The summed E-state index contributed by atoms with van der Waals surface area (Å²) in [5.74, 6) is 0.401. The summed E-state index contributed by atoms with van der Waals surface area (Å²) in [6.45, 7) is 8.19. The van der Waals surface area contributed by atoms with Crippen LogP contribution in [0.2, 0.25) is 0 Å². The number of carbonyl (C=O) groups excluding carboxylic acids is 1. The van der Waals surface area contributed by atoms with Crippen LogP contribution in [-0.4, -0.2) is 12.1 Å². The van der Waals surface area contributed by atoms with Crippen molar-refractivity contribution in [3.05, 3.63) is 11.1 Å². The van der Waals surface area contributed by atoms with Crippen molar-refractivity contribution in [3.8, 4) is 0 Å². The third-order valence-corrected chi connectivity index (χ3v) is 2.92. The smallest absolute Gasteiger partial charge is 0.306 e. The van der Waals surface area contributed by atoms with Crippen LogP contribution in [0.25, 0.3) is 0 Å². The molecule has 0 aromatic heterocycles. The number of carbonyl (C=O) groups is 1. The van der Waals surface area contributed by atoms with Gasteiger partial charge in [-0.05, 0) is 38.2 Å². The van der Waals surface area contributed by atoms with Gasteiger partial charge >= 0.3 is 5.97 Å². The van der Waals surface area contributed by atoms with Gasteiger partial charge in [0, 0.05) is 6.42 Å². The molecule has 14 heavy (non-hydrogen) atoms. The first-order chi connectivity index (χ1) is 6.56. The van der Waals surface area contributed by atoms with E-state index in [0.29, 0.717) is 12.3 Å². The SMILES string of the molecule is CCC(=O)OC1C(=C(C)C)CCC1C. The molecule has 0 N–H and O–H groups in total. The molecule has 2 atom stereocenters. The fourth-order valence-electron chi connectivity index (χ4n) is 1.97. The Hall–Kier alpha value is -0.790. The zero-order chi connectivity index (χ0) is 10.7. The number of rotatable bonds is 2. The molecule has 0 amide bonds. The third kappa shape index (κ3) is 2.37. The topological polar surface area (TPSA) is 26.3 Å². The molecule has 1 aliphatic rings. The van der Waals surface area contributed by atoms with Gasteiger partial charge in [0.1, 0.15) is 6.10 Å². The molecule has 1 saturated carbocycles. The normalized spacial score (nSPS) is 26.4. The van der Waals surface area contributed by atoms with Crippen LogP contribution in [0, 0.1) is 5.92 Å². The van der Waals surface area contributed by atoms with E-state index in [1.54, 1.807) is 0 Å². The summed E-state index contributed by atoms with van der Waals surface area (Å²) in [6.07, 6.45) is 2.75. The van der Waals surface area contributed by atoms with E-state index in [9.17, 15) is 4.79 Å². The average molecular weight is 196 g/mol. The van der Waals surface area contributed by atoms with Gasteiger partial charge in [0.05, 0.1) is 0 Å². The van der Waals surface area contributed by atoms with Crippen LogP contribution in [0.5, 0.6) is 0 Å². The molecule has 2 heteroatoms. The number of ether oxygens (including phenoxy) is 1. The lowest BCUT2D eigenvalue weighted by molar-refractivity contribution is -0.148. The fraction of sp³-hybridized carbons (Fsp3) is 0.750. The van der Waals surface area contributed by atoms with Crippen LogP contribution in [0.1, 0.15) is 47.0 Å². The lowest BCUT2D eigenvalue weighted by atomic mass is 10.0. The predicted molar refractivity (Wildman–Crippen MR) is 56.9 cm³/mol. The van der Waals surface area contributed by atoms with Gasteiger partial charge < -0.3 is 4.74 Å². The first-order valence-corrected chi connectivity index (χ1v) is 5.42. The molecule has 0 radical (unpaired) electrons. The highest BCUT2D eigenvalue weighted by atomic mass is 16.5. The maximum absolute atomic E-state index is 11.2. The highest BCUT2D eigenvalue weighted by molar-refractivity contribution is 5.69. The maximum Gasteiger partial charge on any atom is 0.306 e. The van der Waals surface area contributed by atoms with Crippen LogP contribution < -0.4 is 0 Å². The molecule has 0 aliphatic heterocycles. The Morgan fingerprint density at radius 1 is 1.50 bits per heavy atom. The quantitative estimate of drug-likeness (QED) is 0.501. The van der Waals surface area contributed by atoms with Crippen molar-refractivity contribution in [2.24, 2.45) is 5.92 Å². The van der Waals surface area contributed by atoms with E-state index in [0.717, 1.165) is 12.8 Å². The van der Waals surface area contributed by atoms with Gasteiger partial charge in [-0.2, -0.15) is 0 Å². The van der Waals surface area contributed by atoms with Gasteiger partial charge in [-0.15, -0.1) is 0 Å². The maximum atomic E-state index is 11.2. The molecule has 0 aromatic carbocycles. The Bertz CT molecular complexity index is 249. The molecular formula is C12H20O2. The minimum atomic E-state index is -0.0810.